The molecule has 0 bridgehead atoms. The lowest BCUT2D eigenvalue weighted by molar-refractivity contribution is -0.141. The number of halogens is 3. The van der Waals surface area contributed by atoms with E-state index in [2.05, 4.69) is 15.0 Å². The Kier molecular flexibility index (Phi) is 4.16. The Balaban J connectivity index is 1.64. The molecule has 0 spiro atoms. The normalized spacial score (nSPS) is 17.2. The highest BCUT2D eigenvalue weighted by Gasteiger charge is 2.43. The molecule has 4 heterocycles. The molecule has 1 aromatic carbocycles. The monoisotopic (exact) mass is 416 g/mol. The molecule has 7 nitrogen and oxygen atoms in total. The number of aryl methyl sites for hydroxylation is 1. The summed E-state index contributed by atoms with van der Waals surface area (Å²) in [6, 6.07) is 8.27. The van der Waals surface area contributed by atoms with Gasteiger partial charge in [0.05, 0.1) is 12.0 Å². The van der Waals surface area contributed by atoms with Crippen LogP contribution < -0.4 is 0 Å². The van der Waals surface area contributed by atoms with Crippen molar-refractivity contribution in [2.45, 2.75) is 25.1 Å². The number of carbonyl (C=O) groups is 1. The van der Waals surface area contributed by atoms with Crippen LogP contribution in [0.4, 0.5) is 13.2 Å². The van der Waals surface area contributed by atoms with Gasteiger partial charge in [-0.05, 0) is 25.0 Å². The second kappa shape index (κ2) is 6.75. The van der Waals surface area contributed by atoms with Crippen molar-refractivity contribution in [3.63, 3.8) is 0 Å². The Morgan fingerprint density at radius 1 is 1.23 bits per heavy atom. The van der Waals surface area contributed by atoms with Crippen molar-refractivity contribution >= 4 is 16.9 Å². The summed E-state index contributed by atoms with van der Waals surface area (Å²) in [7, 11) is 0. The average Bonchev–Trinajstić information content (AvgIpc) is 3.44. The SMILES string of the molecule is O=C(c1ocnc1C(F)(F)F)N1CCCc2[nH]cnc2[C@@H]1c1cc2ccccc2o1. The van der Waals surface area contributed by atoms with Gasteiger partial charge in [0.1, 0.15) is 17.4 Å². The Morgan fingerprint density at radius 2 is 2.07 bits per heavy atom. The van der Waals surface area contributed by atoms with Gasteiger partial charge in [-0.1, -0.05) is 18.2 Å². The molecule has 0 aliphatic carbocycles. The highest BCUT2D eigenvalue weighted by molar-refractivity contribution is 5.93. The number of fused-ring (bicyclic) bond motifs is 2. The molecule has 0 radical (unpaired) electrons. The molecular weight excluding hydrogens is 401 g/mol. The van der Waals surface area contributed by atoms with Crippen LogP contribution in [-0.2, 0) is 12.6 Å². The van der Waals surface area contributed by atoms with Gasteiger partial charge in [-0.3, -0.25) is 4.79 Å². The van der Waals surface area contributed by atoms with Gasteiger partial charge in [0.15, 0.2) is 12.1 Å². The molecule has 0 saturated heterocycles. The van der Waals surface area contributed by atoms with E-state index in [1.54, 1.807) is 12.1 Å². The summed E-state index contributed by atoms with van der Waals surface area (Å²) < 4.78 is 50.8. The van der Waals surface area contributed by atoms with E-state index in [1.807, 2.05) is 18.2 Å². The van der Waals surface area contributed by atoms with E-state index >= 15 is 0 Å². The highest BCUT2D eigenvalue weighted by Crippen LogP contribution is 2.38. The minimum atomic E-state index is -4.81. The number of oxazole rings is 1. The number of hydrogen-bond donors (Lipinski definition) is 1. The van der Waals surface area contributed by atoms with Crippen LogP contribution in [0, 0.1) is 0 Å². The minimum absolute atomic E-state index is 0.197. The van der Waals surface area contributed by atoms with Gasteiger partial charge in [-0.2, -0.15) is 13.2 Å². The number of hydrogen-bond acceptors (Lipinski definition) is 5. The van der Waals surface area contributed by atoms with E-state index in [4.69, 9.17) is 8.83 Å². The number of nitrogens with one attached hydrogen (secondary N) is 1. The van der Waals surface area contributed by atoms with E-state index < -0.39 is 29.6 Å². The number of alkyl halides is 3. The second-order valence-electron chi connectivity index (χ2n) is 6.99. The summed E-state index contributed by atoms with van der Waals surface area (Å²) in [5.41, 5.74) is 0.608. The lowest BCUT2D eigenvalue weighted by atomic mass is 10.1. The van der Waals surface area contributed by atoms with Crippen LogP contribution in [0.2, 0.25) is 0 Å². The van der Waals surface area contributed by atoms with Crippen LogP contribution in [0.1, 0.15) is 45.9 Å². The average molecular weight is 416 g/mol. The number of rotatable bonds is 2. The maximum Gasteiger partial charge on any atom is 0.437 e. The molecule has 1 aliphatic rings. The zero-order valence-electron chi connectivity index (χ0n) is 15.4. The van der Waals surface area contributed by atoms with Gasteiger partial charge in [0.25, 0.3) is 5.91 Å². The second-order valence-corrected chi connectivity index (χ2v) is 6.99. The number of aromatic amines is 1. The summed E-state index contributed by atoms with van der Waals surface area (Å²) in [6.45, 7) is 0.197. The van der Waals surface area contributed by atoms with E-state index in [-0.39, 0.29) is 6.54 Å². The van der Waals surface area contributed by atoms with Crippen molar-refractivity contribution in [3.05, 3.63) is 71.7 Å². The lowest BCUT2D eigenvalue weighted by Gasteiger charge is -2.27. The van der Waals surface area contributed by atoms with Crippen molar-refractivity contribution in [1.29, 1.82) is 0 Å². The maximum absolute atomic E-state index is 13.3. The Morgan fingerprint density at radius 3 is 2.87 bits per heavy atom. The first-order valence-electron chi connectivity index (χ1n) is 9.26. The van der Waals surface area contributed by atoms with E-state index in [9.17, 15) is 18.0 Å². The van der Waals surface area contributed by atoms with Gasteiger partial charge in [-0.15, -0.1) is 0 Å². The van der Waals surface area contributed by atoms with Crippen LogP contribution >= 0.6 is 0 Å². The fourth-order valence-electron chi connectivity index (χ4n) is 3.84. The third kappa shape index (κ3) is 2.95. The van der Waals surface area contributed by atoms with E-state index in [0.29, 0.717) is 36.3 Å². The van der Waals surface area contributed by atoms with Crippen LogP contribution in [0.5, 0.6) is 0 Å². The molecule has 10 heteroatoms. The molecular formula is C20H15F3N4O3. The highest BCUT2D eigenvalue weighted by atomic mass is 19.4. The summed E-state index contributed by atoms with van der Waals surface area (Å²) >= 11 is 0. The predicted octanol–water partition coefficient (Wildman–Crippen LogP) is 4.34. The lowest BCUT2D eigenvalue weighted by Crippen LogP contribution is -2.36. The first-order valence-corrected chi connectivity index (χ1v) is 9.26. The number of benzene rings is 1. The largest absolute Gasteiger partial charge is 0.458 e. The molecule has 5 rings (SSSR count). The first kappa shape index (κ1) is 18.5. The van der Waals surface area contributed by atoms with Crippen molar-refractivity contribution in [2.24, 2.45) is 0 Å². The van der Waals surface area contributed by atoms with Gasteiger partial charge < -0.3 is 18.7 Å². The maximum atomic E-state index is 13.3. The molecule has 154 valence electrons. The molecule has 1 N–H and O–H groups in total. The standard InChI is InChI=1S/C20H15F3N4O3/c21-20(22,23)18-17(29-10-26-18)19(28)27-7-3-5-12-15(25-9-24-12)16(27)14-8-11-4-1-2-6-13(11)30-14/h1-2,4,6,8-10,16H,3,5,7H2,(H,24,25)/t16-/m0/s1. The Bertz CT molecular complexity index is 1190. The minimum Gasteiger partial charge on any atom is -0.458 e. The summed E-state index contributed by atoms with van der Waals surface area (Å²) in [5, 5.41) is 0.817. The van der Waals surface area contributed by atoms with Crippen LogP contribution in [0.15, 0.2) is 51.9 Å². The van der Waals surface area contributed by atoms with E-state index in [1.165, 1.54) is 11.2 Å². The number of furan rings is 1. The van der Waals surface area contributed by atoms with Gasteiger partial charge >= 0.3 is 6.18 Å². The van der Waals surface area contributed by atoms with Gasteiger partial charge in [0, 0.05) is 17.6 Å². The number of para-hydroxylation sites is 1. The number of aromatic nitrogens is 3. The number of nitrogens with zero attached hydrogens (tertiary/aromatic N) is 3. The fourth-order valence-corrected chi connectivity index (χ4v) is 3.84. The number of H-pyrrole nitrogens is 1. The molecule has 3 aromatic heterocycles. The molecule has 1 aliphatic heterocycles. The molecule has 30 heavy (non-hydrogen) atoms. The zero-order valence-corrected chi connectivity index (χ0v) is 15.4. The first-order chi connectivity index (χ1) is 14.4. The van der Waals surface area contributed by atoms with Crippen molar-refractivity contribution in [2.75, 3.05) is 6.54 Å². The van der Waals surface area contributed by atoms with E-state index in [0.717, 1.165) is 11.1 Å². The number of amides is 1. The fraction of sp³-hybridized carbons (Fsp3) is 0.250. The van der Waals surface area contributed by atoms with Crippen molar-refractivity contribution in [3.8, 4) is 0 Å². The van der Waals surface area contributed by atoms with Crippen molar-refractivity contribution in [1.82, 2.24) is 19.9 Å². The quantitative estimate of drug-likeness (QED) is 0.525. The van der Waals surface area contributed by atoms with Crippen molar-refractivity contribution < 1.29 is 26.8 Å². The predicted molar refractivity (Wildman–Crippen MR) is 97.5 cm³/mol. The molecule has 0 fully saturated rings. The van der Waals surface area contributed by atoms with Crippen LogP contribution in [0.3, 0.4) is 0 Å². The zero-order chi connectivity index (χ0) is 20.9. The molecule has 0 unspecified atom stereocenters. The van der Waals surface area contributed by atoms with Crippen LogP contribution in [0.25, 0.3) is 11.0 Å². The van der Waals surface area contributed by atoms with Gasteiger partial charge in [0.2, 0.25) is 5.76 Å². The molecule has 0 saturated carbocycles. The molecule has 4 aromatic rings. The third-order valence-electron chi connectivity index (χ3n) is 5.15. The number of imidazole rings is 1. The summed E-state index contributed by atoms with van der Waals surface area (Å²) in [4.78, 5) is 25.1. The molecule has 1 atom stereocenters. The van der Waals surface area contributed by atoms with Gasteiger partial charge in [-0.25, -0.2) is 9.97 Å². The summed E-state index contributed by atoms with van der Waals surface area (Å²) in [6.07, 6.45) is -1.55. The smallest absolute Gasteiger partial charge is 0.437 e. The summed E-state index contributed by atoms with van der Waals surface area (Å²) in [5.74, 6) is -1.35. The third-order valence-corrected chi connectivity index (χ3v) is 5.15. The molecule has 1 amide bonds. The number of carbonyl (C=O) groups excluding carboxylic acids is 1. The topological polar surface area (TPSA) is 88.2 Å². The Labute approximate surface area is 167 Å². The van der Waals surface area contributed by atoms with Crippen LogP contribution in [-0.4, -0.2) is 32.3 Å². The Hall–Kier alpha value is -3.56.